The van der Waals surface area contributed by atoms with Gasteiger partial charge >= 0.3 is 0 Å². The molecule has 0 fully saturated rings. The molecule has 0 radical (unpaired) electrons. The summed E-state index contributed by atoms with van der Waals surface area (Å²) in [6.45, 7) is 7.86. The zero-order valence-corrected chi connectivity index (χ0v) is 10.4. The van der Waals surface area contributed by atoms with Gasteiger partial charge in [0.05, 0.1) is 0 Å². The molecule has 0 bridgehead atoms. The maximum atomic E-state index is 10.2. The number of carbonyl (C=O) groups excluding carboxylic acids is 1. The minimum atomic E-state index is 0.615. The average molecular weight is 218 g/mol. The van der Waals surface area contributed by atoms with Crippen molar-refractivity contribution in [1.82, 2.24) is 0 Å². The van der Waals surface area contributed by atoms with Crippen LogP contribution >= 0.6 is 0 Å². The first-order valence-corrected chi connectivity index (χ1v) is 5.74. The van der Waals surface area contributed by atoms with Crippen LogP contribution in [0.4, 0.5) is 0 Å². The average Bonchev–Trinajstić information content (AvgIpc) is 2.29. The highest BCUT2D eigenvalue weighted by atomic mass is 16.1. The fourth-order valence-electron chi connectivity index (χ4n) is 1.22. The molecule has 0 saturated heterocycles. The molecule has 0 heterocycles. The summed E-state index contributed by atoms with van der Waals surface area (Å²) in [5.74, 6) is 0. The Labute approximate surface area is 99.3 Å². The van der Waals surface area contributed by atoms with E-state index in [-0.39, 0.29) is 0 Å². The molecule has 0 aromatic rings. The summed E-state index contributed by atoms with van der Waals surface area (Å²) in [4.78, 5) is 10.2. The lowest BCUT2D eigenvalue weighted by atomic mass is 10.1. The van der Waals surface area contributed by atoms with Crippen molar-refractivity contribution in [2.24, 2.45) is 0 Å². The van der Waals surface area contributed by atoms with Gasteiger partial charge in [-0.05, 0) is 33.1 Å². The molecule has 0 saturated carbocycles. The normalized spacial score (nSPS) is 13.1. The monoisotopic (exact) mass is 218 g/mol. The van der Waals surface area contributed by atoms with E-state index in [9.17, 15) is 4.79 Å². The number of allylic oxidation sites excluding steroid dienone is 7. The summed E-state index contributed by atoms with van der Waals surface area (Å²) in [6, 6.07) is 0. The molecule has 0 rings (SSSR count). The standard InChI is InChI=1S/C15H22O/c1-4-5-9-14(2)10-6-7-11-15(3)12-8-13-16/h4,6-7,10-11,13H,1,5,8-9,12H2,2-3H3/b7-6+,14-10+,15-11+. The fourth-order valence-corrected chi connectivity index (χ4v) is 1.22. The third kappa shape index (κ3) is 9.20. The Balaban J connectivity index is 3.98. The SMILES string of the molecule is C=CCC/C(C)=C/C=C/C=C(\C)CCC=O. The van der Waals surface area contributed by atoms with E-state index in [1.807, 2.05) is 25.2 Å². The molecule has 1 nitrogen and oxygen atoms in total. The second-order valence-corrected chi connectivity index (χ2v) is 3.94. The van der Waals surface area contributed by atoms with Crippen molar-refractivity contribution in [1.29, 1.82) is 0 Å². The van der Waals surface area contributed by atoms with E-state index in [2.05, 4.69) is 25.7 Å². The highest BCUT2D eigenvalue weighted by molar-refractivity contribution is 5.49. The minimum Gasteiger partial charge on any atom is -0.303 e. The molecule has 0 N–H and O–H groups in total. The van der Waals surface area contributed by atoms with Gasteiger partial charge in [-0.1, -0.05) is 41.5 Å². The van der Waals surface area contributed by atoms with Crippen LogP contribution in [0, 0.1) is 0 Å². The minimum absolute atomic E-state index is 0.615. The maximum absolute atomic E-state index is 10.2. The summed E-state index contributed by atoms with van der Waals surface area (Å²) >= 11 is 0. The third-order valence-corrected chi connectivity index (χ3v) is 2.27. The van der Waals surface area contributed by atoms with Crippen molar-refractivity contribution >= 4 is 6.29 Å². The lowest BCUT2D eigenvalue weighted by molar-refractivity contribution is -0.107. The Hall–Kier alpha value is -1.37. The molecule has 16 heavy (non-hydrogen) atoms. The number of hydrogen-bond acceptors (Lipinski definition) is 1. The summed E-state index contributed by atoms with van der Waals surface area (Å²) < 4.78 is 0. The van der Waals surface area contributed by atoms with Crippen LogP contribution in [-0.2, 0) is 4.79 Å². The first-order valence-electron chi connectivity index (χ1n) is 5.74. The van der Waals surface area contributed by atoms with Crippen molar-refractivity contribution in [3.8, 4) is 0 Å². The molecule has 0 atom stereocenters. The molecule has 0 aliphatic carbocycles. The van der Waals surface area contributed by atoms with Crippen LogP contribution in [0.15, 0.2) is 48.1 Å². The molecule has 0 unspecified atom stereocenters. The van der Waals surface area contributed by atoms with Gasteiger partial charge < -0.3 is 4.79 Å². The van der Waals surface area contributed by atoms with Crippen LogP contribution in [-0.4, -0.2) is 6.29 Å². The smallest absolute Gasteiger partial charge is 0.120 e. The first kappa shape index (κ1) is 14.6. The van der Waals surface area contributed by atoms with Crippen molar-refractivity contribution < 1.29 is 4.79 Å². The highest BCUT2D eigenvalue weighted by Crippen LogP contribution is 2.05. The molecular weight excluding hydrogens is 196 g/mol. The Bertz CT molecular complexity index is 263. The van der Waals surface area contributed by atoms with Crippen LogP contribution in [0.3, 0.4) is 0 Å². The van der Waals surface area contributed by atoms with Gasteiger partial charge in [-0.25, -0.2) is 0 Å². The van der Waals surface area contributed by atoms with E-state index in [1.165, 1.54) is 11.1 Å². The van der Waals surface area contributed by atoms with Crippen LogP contribution in [0.25, 0.3) is 0 Å². The van der Waals surface area contributed by atoms with Gasteiger partial charge in [0.15, 0.2) is 0 Å². The summed E-state index contributed by atoms with van der Waals surface area (Å²) in [7, 11) is 0. The molecule has 0 aromatic heterocycles. The molecular formula is C15H22O. The fraction of sp³-hybridized carbons (Fsp3) is 0.400. The van der Waals surface area contributed by atoms with Gasteiger partial charge in [0, 0.05) is 6.42 Å². The van der Waals surface area contributed by atoms with Gasteiger partial charge in [0.1, 0.15) is 6.29 Å². The third-order valence-electron chi connectivity index (χ3n) is 2.27. The molecule has 1 heteroatoms. The number of carbonyl (C=O) groups is 1. The topological polar surface area (TPSA) is 17.1 Å². The molecule has 0 aromatic carbocycles. The number of aldehydes is 1. The summed E-state index contributed by atoms with van der Waals surface area (Å²) in [5.41, 5.74) is 2.59. The molecule has 0 aliphatic rings. The van der Waals surface area contributed by atoms with Gasteiger partial charge in [-0.15, -0.1) is 6.58 Å². The van der Waals surface area contributed by atoms with Crippen LogP contribution in [0.1, 0.15) is 39.5 Å². The number of hydrogen-bond donors (Lipinski definition) is 0. The maximum Gasteiger partial charge on any atom is 0.120 e. The van der Waals surface area contributed by atoms with Gasteiger partial charge in [0.25, 0.3) is 0 Å². The van der Waals surface area contributed by atoms with Crippen LogP contribution in [0.5, 0.6) is 0 Å². The Kier molecular flexibility index (Phi) is 9.29. The van der Waals surface area contributed by atoms with E-state index < -0.39 is 0 Å². The lowest BCUT2D eigenvalue weighted by Crippen LogP contribution is -1.78. The molecule has 0 amide bonds. The molecule has 88 valence electrons. The lowest BCUT2D eigenvalue weighted by Gasteiger charge is -1.94. The predicted octanol–water partition coefficient (Wildman–Crippen LogP) is 4.38. The first-order chi connectivity index (χ1) is 7.70. The Morgan fingerprint density at radius 3 is 1.94 bits per heavy atom. The summed E-state index contributed by atoms with van der Waals surface area (Å²) in [5, 5.41) is 0. The van der Waals surface area contributed by atoms with Crippen LogP contribution in [0.2, 0.25) is 0 Å². The van der Waals surface area contributed by atoms with Crippen molar-refractivity contribution in [2.45, 2.75) is 39.5 Å². The van der Waals surface area contributed by atoms with Crippen molar-refractivity contribution in [3.05, 3.63) is 48.1 Å². The molecule has 0 spiro atoms. The zero-order valence-electron chi connectivity index (χ0n) is 10.4. The zero-order chi connectivity index (χ0) is 12.2. The van der Waals surface area contributed by atoms with Gasteiger partial charge in [-0.2, -0.15) is 0 Å². The van der Waals surface area contributed by atoms with Crippen molar-refractivity contribution in [2.75, 3.05) is 0 Å². The highest BCUT2D eigenvalue weighted by Gasteiger charge is 1.86. The van der Waals surface area contributed by atoms with Crippen molar-refractivity contribution in [3.63, 3.8) is 0 Å². The van der Waals surface area contributed by atoms with E-state index in [4.69, 9.17) is 0 Å². The second-order valence-electron chi connectivity index (χ2n) is 3.94. The second kappa shape index (κ2) is 10.2. The van der Waals surface area contributed by atoms with E-state index in [1.54, 1.807) is 0 Å². The number of rotatable bonds is 8. The van der Waals surface area contributed by atoms with Gasteiger partial charge in [-0.3, -0.25) is 0 Å². The predicted molar refractivity (Wildman–Crippen MR) is 71.4 cm³/mol. The van der Waals surface area contributed by atoms with E-state index in [0.717, 1.165) is 25.5 Å². The van der Waals surface area contributed by atoms with Crippen LogP contribution < -0.4 is 0 Å². The summed E-state index contributed by atoms with van der Waals surface area (Å²) in [6.07, 6.45) is 14.7. The van der Waals surface area contributed by atoms with Gasteiger partial charge in [0.2, 0.25) is 0 Å². The quantitative estimate of drug-likeness (QED) is 0.335. The molecule has 0 aliphatic heterocycles. The van der Waals surface area contributed by atoms with E-state index in [0.29, 0.717) is 6.42 Å². The van der Waals surface area contributed by atoms with E-state index >= 15 is 0 Å². The largest absolute Gasteiger partial charge is 0.303 e. The Morgan fingerprint density at radius 2 is 1.50 bits per heavy atom. The Morgan fingerprint density at radius 1 is 1.00 bits per heavy atom.